The number of hydrogen-bond acceptors (Lipinski definition) is 4. The Bertz CT molecular complexity index is 453. The molecular formula is C15H23BrN4. The van der Waals surface area contributed by atoms with E-state index in [-0.39, 0.29) is 0 Å². The smallest absolute Gasteiger partial charge is 0.135 e. The highest BCUT2D eigenvalue weighted by Crippen LogP contribution is 2.38. The number of rotatable bonds is 5. The molecule has 0 bridgehead atoms. The minimum Gasteiger partial charge on any atom is -0.369 e. The van der Waals surface area contributed by atoms with Gasteiger partial charge in [0.1, 0.15) is 16.2 Å². The molecule has 20 heavy (non-hydrogen) atoms. The molecule has 1 aliphatic carbocycles. The number of hydrogen-bond donors (Lipinski definition) is 1. The molecule has 2 aliphatic rings. The van der Waals surface area contributed by atoms with Crippen LogP contribution in [-0.2, 0) is 0 Å². The summed E-state index contributed by atoms with van der Waals surface area (Å²) in [6.07, 6.45) is 5.15. The summed E-state index contributed by atoms with van der Waals surface area (Å²) in [5, 5.41) is 3.44. The number of nitrogens with zero attached hydrogens (tertiary/aromatic N) is 3. The number of anilines is 1. The summed E-state index contributed by atoms with van der Waals surface area (Å²) in [5.74, 6) is 3.45. The molecule has 1 saturated carbocycles. The zero-order valence-electron chi connectivity index (χ0n) is 12.1. The third kappa shape index (κ3) is 3.92. The van der Waals surface area contributed by atoms with Gasteiger partial charge in [-0.15, -0.1) is 0 Å². The van der Waals surface area contributed by atoms with E-state index in [4.69, 9.17) is 0 Å². The molecule has 1 aromatic rings. The second-order valence-electron chi connectivity index (χ2n) is 6.16. The van der Waals surface area contributed by atoms with Gasteiger partial charge in [-0.1, -0.05) is 6.92 Å². The van der Waals surface area contributed by atoms with Crippen LogP contribution in [-0.4, -0.2) is 41.0 Å². The molecule has 2 heterocycles. The lowest BCUT2D eigenvalue weighted by Crippen LogP contribution is -2.36. The van der Waals surface area contributed by atoms with Crippen molar-refractivity contribution in [1.29, 1.82) is 0 Å². The first-order valence-corrected chi connectivity index (χ1v) is 8.51. The first-order chi connectivity index (χ1) is 9.70. The molecule has 1 N–H and O–H groups in total. The summed E-state index contributed by atoms with van der Waals surface area (Å²) in [6.45, 7) is 6.90. The van der Waals surface area contributed by atoms with Crippen molar-refractivity contribution in [3.8, 4) is 0 Å². The van der Waals surface area contributed by atoms with Crippen LogP contribution in [0.2, 0.25) is 0 Å². The zero-order chi connectivity index (χ0) is 13.9. The number of likely N-dealkylation sites (tertiary alicyclic amines) is 1. The molecule has 3 rings (SSSR count). The fraction of sp³-hybridized carbons (Fsp3) is 0.733. The molecule has 4 nitrogen and oxygen atoms in total. The van der Waals surface area contributed by atoms with Gasteiger partial charge in [0.15, 0.2) is 0 Å². The van der Waals surface area contributed by atoms with Crippen LogP contribution in [0.15, 0.2) is 10.7 Å². The molecule has 0 amide bonds. The van der Waals surface area contributed by atoms with Gasteiger partial charge in [-0.2, -0.15) is 0 Å². The molecule has 110 valence electrons. The Morgan fingerprint density at radius 1 is 1.25 bits per heavy atom. The molecule has 0 unspecified atom stereocenters. The Morgan fingerprint density at radius 2 is 2.00 bits per heavy atom. The van der Waals surface area contributed by atoms with Gasteiger partial charge in [-0.05, 0) is 60.6 Å². The first-order valence-electron chi connectivity index (χ1n) is 7.71. The minimum absolute atomic E-state index is 0.594. The maximum Gasteiger partial charge on any atom is 0.135 e. The van der Waals surface area contributed by atoms with Crippen LogP contribution in [0.4, 0.5) is 5.82 Å². The van der Waals surface area contributed by atoms with E-state index < -0.39 is 0 Å². The van der Waals surface area contributed by atoms with Crippen molar-refractivity contribution in [2.24, 2.45) is 5.92 Å². The molecule has 1 saturated heterocycles. The van der Waals surface area contributed by atoms with Gasteiger partial charge >= 0.3 is 0 Å². The molecular weight excluding hydrogens is 316 g/mol. The van der Waals surface area contributed by atoms with Crippen molar-refractivity contribution in [2.45, 2.75) is 38.5 Å². The summed E-state index contributed by atoms with van der Waals surface area (Å²) in [5.41, 5.74) is 0. The Balaban J connectivity index is 1.48. The number of halogens is 1. The Morgan fingerprint density at radius 3 is 2.70 bits per heavy atom. The highest BCUT2D eigenvalue weighted by atomic mass is 79.9. The third-order valence-electron chi connectivity index (χ3n) is 4.27. The lowest BCUT2D eigenvalue weighted by molar-refractivity contribution is 0.199. The van der Waals surface area contributed by atoms with Crippen molar-refractivity contribution >= 4 is 21.7 Å². The van der Waals surface area contributed by atoms with E-state index in [9.17, 15) is 0 Å². The van der Waals surface area contributed by atoms with Crippen LogP contribution in [0.5, 0.6) is 0 Å². The molecule has 0 spiro atoms. The largest absolute Gasteiger partial charge is 0.369 e. The molecule has 5 heteroatoms. The quantitative estimate of drug-likeness (QED) is 0.836. The summed E-state index contributed by atoms with van der Waals surface area (Å²) >= 11 is 3.48. The highest BCUT2D eigenvalue weighted by molar-refractivity contribution is 9.10. The molecule has 0 aromatic carbocycles. The standard InChI is InChI=1S/C15H23BrN4/c1-11-4-7-20(8-5-11)9-6-17-14-10-13(16)18-15(19-14)12-2-3-12/h10-12H,2-9H2,1H3,(H,17,18,19). The summed E-state index contributed by atoms with van der Waals surface area (Å²) in [4.78, 5) is 11.6. The summed E-state index contributed by atoms with van der Waals surface area (Å²) < 4.78 is 0.892. The van der Waals surface area contributed by atoms with Crippen molar-refractivity contribution in [3.05, 3.63) is 16.5 Å². The predicted molar refractivity (Wildman–Crippen MR) is 85.0 cm³/mol. The summed E-state index contributed by atoms with van der Waals surface area (Å²) in [7, 11) is 0. The van der Waals surface area contributed by atoms with Gasteiger partial charge in [0.25, 0.3) is 0 Å². The van der Waals surface area contributed by atoms with Crippen LogP contribution in [0, 0.1) is 5.92 Å². The lowest BCUT2D eigenvalue weighted by Gasteiger charge is -2.30. The molecule has 0 atom stereocenters. The molecule has 0 radical (unpaired) electrons. The van der Waals surface area contributed by atoms with Crippen LogP contribution in [0.3, 0.4) is 0 Å². The number of aromatic nitrogens is 2. The zero-order valence-corrected chi connectivity index (χ0v) is 13.7. The average molecular weight is 339 g/mol. The van der Waals surface area contributed by atoms with Gasteiger partial charge in [-0.25, -0.2) is 9.97 Å². The maximum atomic E-state index is 4.62. The fourth-order valence-electron chi connectivity index (χ4n) is 2.68. The normalized spacial score (nSPS) is 21.1. The minimum atomic E-state index is 0.594. The second-order valence-corrected chi connectivity index (χ2v) is 6.97. The SMILES string of the molecule is CC1CCN(CCNc2cc(Br)nc(C3CC3)n2)CC1. The lowest BCUT2D eigenvalue weighted by atomic mass is 9.99. The van der Waals surface area contributed by atoms with Crippen molar-refractivity contribution < 1.29 is 0 Å². The van der Waals surface area contributed by atoms with Gasteiger partial charge in [0.2, 0.25) is 0 Å². The van der Waals surface area contributed by atoms with E-state index >= 15 is 0 Å². The predicted octanol–water partition coefficient (Wildman–Crippen LogP) is 3.26. The molecule has 1 aliphatic heterocycles. The van der Waals surface area contributed by atoms with Crippen molar-refractivity contribution in [3.63, 3.8) is 0 Å². The highest BCUT2D eigenvalue weighted by Gasteiger charge is 2.27. The monoisotopic (exact) mass is 338 g/mol. The Labute approximate surface area is 129 Å². The van der Waals surface area contributed by atoms with Crippen LogP contribution >= 0.6 is 15.9 Å². The van der Waals surface area contributed by atoms with E-state index in [1.807, 2.05) is 6.07 Å². The Hall–Kier alpha value is -0.680. The molecule has 1 aromatic heterocycles. The van der Waals surface area contributed by atoms with E-state index in [0.717, 1.165) is 35.3 Å². The first kappa shape index (κ1) is 14.3. The number of piperidine rings is 1. The average Bonchev–Trinajstić information content (AvgIpc) is 3.25. The van der Waals surface area contributed by atoms with E-state index in [1.54, 1.807) is 0 Å². The second kappa shape index (κ2) is 6.39. The fourth-order valence-corrected chi connectivity index (χ4v) is 3.08. The number of nitrogens with one attached hydrogen (secondary N) is 1. The van der Waals surface area contributed by atoms with E-state index in [0.29, 0.717) is 5.92 Å². The van der Waals surface area contributed by atoms with Gasteiger partial charge in [0.05, 0.1) is 0 Å². The Kier molecular flexibility index (Phi) is 4.56. The summed E-state index contributed by atoms with van der Waals surface area (Å²) in [6, 6.07) is 1.98. The van der Waals surface area contributed by atoms with E-state index in [2.05, 4.69) is 43.0 Å². The van der Waals surface area contributed by atoms with Crippen molar-refractivity contribution in [1.82, 2.24) is 14.9 Å². The van der Waals surface area contributed by atoms with Gasteiger partial charge in [0, 0.05) is 25.1 Å². The van der Waals surface area contributed by atoms with Gasteiger partial charge < -0.3 is 10.2 Å². The third-order valence-corrected chi connectivity index (χ3v) is 4.67. The molecule has 2 fully saturated rings. The van der Waals surface area contributed by atoms with Gasteiger partial charge in [-0.3, -0.25) is 0 Å². The topological polar surface area (TPSA) is 41.0 Å². The van der Waals surface area contributed by atoms with Crippen LogP contribution < -0.4 is 5.32 Å². The maximum absolute atomic E-state index is 4.62. The van der Waals surface area contributed by atoms with E-state index in [1.165, 1.54) is 38.8 Å². The van der Waals surface area contributed by atoms with Crippen molar-refractivity contribution in [2.75, 3.05) is 31.5 Å². The van der Waals surface area contributed by atoms with Crippen LogP contribution in [0.1, 0.15) is 44.3 Å². The van der Waals surface area contributed by atoms with Crippen LogP contribution in [0.25, 0.3) is 0 Å².